The lowest BCUT2D eigenvalue weighted by molar-refractivity contribution is 0.538. The maximum atomic E-state index is 14.1. The summed E-state index contributed by atoms with van der Waals surface area (Å²) >= 11 is 3.05. The molecule has 2 N–H and O–H groups in total. The molecule has 2 aromatic rings. The average Bonchev–Trinajstić information content (AvgIpc) is 2.43. The molecule has 0 saturated carbocycles. The number of hydrogen-bond acceptors (Lipinski definition) is 2. The summed E-state index contributed by atoms with van der Waals surface area (Å²) in [5, 5.41) is 0. The highest BCUT2D eigenvalue weighted by Gasteiger charge is 2.22. The van der Waals surface area contributed by atoms with E-state index in [9.17, 15) is 8.78 Å². The first-order valence-electron chi connectivity index (χ1n) is 5.88. The van der Waals surface area contributed by atoms with Gasteiger partial charge in [0.1, 0.15) is 11.6 Å². The Balaban J connectivity index is 2.56. The molecular formula is C14H13BrF2N2. The van der Waals surface area contributed by atoms with Crippen molar-refractivity contribution in [1.82, 2.24) is 4.98 Å². The molecule has 1 unspecified atom stereocenters. The van der Waals surface area contributed by atoms with Crippen LogP contribution in [0, 0.1) is 11.6 Å². The number of rotatable bonds is 3. The first kappa shape index (κ1) is 14.1. The van der Waals surface area contributed by atoms with E-state index in [1.807, 2.05) is 6.92 Å². The molecule has 100 valence electrons. The summed E-state index contributed by atoms with van der Waals surface area (Å²) in [4.78, 5) is 4.00. The number of nitrogens with two attached hydrogens (primary N) is 1. The Kier molecular flexibility index (Phi) is 4.27. The average molecular weight is 327 g/mol. The number of hydrogen-bond donors (Lipinski definition) is 1. The smallest absolute Gasteiger partial charge is 0.145 e. The first-order valence-corrected chi connectivity index (χ1v) is 6.67. The SMILES string of the molecule is CCc1cnccc1C(N)c1c(F)ccc(Br)c1F. The molecule has 1 aromatic heterocycles. The Morgan fingerprint density at radius 3 is 2.74 bits per heavy atom. The highest BCUT2D eigenvalue weighted by molar-refractivity contribution is 9.10. The summed E-state index contributed by atoms with van der Waals surface area (Å²) in [6, 6.07) is 3.38. The van der Waals surface area contributed by atoms with E-state index in [-0.39, 0.29) is 10.0 Å². The van der Waals surface area contributed by atoms with Crippen molar-refractivity contribution in [1.29, 1.82) is 0 Å². The van der Waals surface area contributed by atoms with Crippen molar-refractivity contribution in [2.75, 3.05) is 0 Å². The van der Waals surface area contributed by atoms with Crippen LogP contribution in [0.1, 0.15) is 29.7 Å². The monoisotopic (exact) mass is 326 g/mol. The van der Waals surface area contributed by atoms with E-state index in [1.165, 1.54) is 12.1 Å². The van der Waals surface area contributed by atoms with Gasteiger partial charge < -0.3 is 5.73 Å². The van der Waals surface area contributed by atoms with Gasteiger partial charge in [-0.15, -0.1) is 0 Å². The van der Waals surface area contributed by atoms with Gasteiger partial charge >= 0.3 is 0 Å². The first-order chi connectivity index (χ1) is 9.06. The van der Waals surface area contributed by atoms with E-state index in [4.69, 9.17) is 5.73 Å². The third-order valence-corrected chi connectivity index (χ3v) is 3.66. The molecule has 1 atom stereocenters. The highest BCUT2D eigenvalue weighted by Crippen LogP contribution is 2.30. The molecule has 0 aliphatic carbocycles. The molecule has 0 spiro atoms. The van der Waals surface area contributed by atoms with Gasteiger partial charge in [0.25, 0.3) is 0 Å². The van der Waals surface area contributed by atoms with Gasteiger partial charge in [-0.3, -0.25) is 4.98 Å². The normalized spacial score (nSPS) is 12.5. The maximum absolute atomic E-state index is 14.1. The summed E-state index contributed by atoms with van der Waals surface area (Å²) in [6.07, 6.45) is 3.94. The van der Waals surface area contributed by atoms with Crippen LogP contribution in [0.25, 0.3) is 0 Å². The van der Waals surface area contributed by atoms with Crippen molar-refractivity contribution < 1.29 is 8.78 Å². The summed E-state index contributed by atoms with van der Waals surface area (Å²) in [5.74, 6) is -1.31. The minimum atomic E-state index is -0.851. The van der Waals surface area contributed by atoms with Crippen LogP contribution in [0.5, 0.6) is 0 Å². The fourth-order valence-corrected chi connectivity index (χ4v) is 2.37. The lowest BCUT2D eigenvalue weighted by atomic mass is 9.95. The summed E-state index contributed by atoms with van der Waals surface area (Å²) in [7, 11) is 0. The summed E-state index contributed by atoms with van der Waals surface area (Å²) < 4.78 is 28.1. The summed E-state index contributed by atoms with van der Waals surface area (Å²) in [6.45, 7) is 1.95. The Morgan fingerprint density at radius 2 is 2.05 bits per heavy atom. The number of aromatic nitrogens is 1. The van der Waals surface area contributed by atoms with E-state index in [1.54, 1.807) is 18.5 Å². The zero-order valence-electron chi connectivity index (χ0n) is 10.3. The highest BCUT2D eigenvalue weighted by atomic mass is 79.9. The minimum Gasteiger partial charge on any atom is -0.320 e. The Bertz CT molecular complexity index is 602. The van der Waals surface area contributed by atoms with Crippen LogP contribution in [0.4, 0.5) is 8.78 Å². The van der Waals surface area contributed by atoms with E-state index >= 15 is 0 Å². The van der Waals surface area contributed by atoms with E-state index < -0.39 is 17.7 Å². The molecule has 2 nitrogen and oxygen atoms in total. The van der Waals surface area contributed by atoms with Crippen molar-refractivity contribution in [3.63, 3.8) is 0 Å². The van der Waals surface area contributed by atoms with Crippen molar-refractivity contribution in [3.05, 3.63) is 63.4 Å². The van der Waals surface area contributed by atoms with Crippen LogP contribution in [0.3, 0.4) is 0 Å². The predicted molar refractivity (Wildman–Crippen MR) is 73.7 cm³/mol. The van der Waals surface area contributed by atoms with Gasteiger partial charge in [-0.1, -0.05) is 6.92 Å². The Morgan fingerprint density at radius 1 is 1.32 bits per heavy atom. The fraction of sp³-hybridized carbons (Fsp3) is 0.214. The molecule has 0 aliphatic rings. The molecule has 1 aromatic carbocycles. The fourth-order valence-electron chi connectivity index (χ4n) is 2.02. The molecule has 0 saturated heterocycles. The van der Waals surface area contributed by atoms with Gasteiger partial charge in [-0.05, 0) is 51.7 Å². The predicted octanol–water partition coefficient (Wildman–Crippen LogP) is 3.73. The van der Waals surface area contributed by atoms with Gasteiger partial charge in [0.05, 0.1) is 10.5 Å². The van der Waals surface area contributed by atoms with Gasteiger partial charge in [0, 0.05) is 18.0 Å². The summed E-state index contributed by atoms with van der Waals surface area (Å²) in [5.41, 5.74) is 7.48. The molecule has 0 bridgehead atoms. The second kappa shape index (κ2) is 5.75. The largest absolute Gasteiger partial charge is 0.320 e. The van der Waals surface area contributed by atoms with Crippen molar-refractivity contribution in [2.24, 2.45) is 5.73 Å². The molecule has 0 radical (unpaired) electrons. The van der Waals surface area contributed by atoms with Gasteiger partial charge in [0.15, 0.2) is 0 Å². The van der Waals surface area contributed by atoms with Crippen molar-refractivity contribution in [2.45, 2.75) is 19.4 Å². The van der Waals surface area contributed by atoms with Crippen molar-refractivity contribution in [3.8, 4) is 0 Å². The second-order valence-corrected chi connectivity index (χ2v) is 5.02. The maximum Gasteiger partial charge on any atom is 0.145 e. The van der Waals surface area contributed by atoms with Crippen molar-refractivity contribution >= 4 is 15.9 Å². The molecule has 0 fully saturated rings. The van der Waals surface area contributed by atoms with E-state index in [0.29, 0.717) is 12.0 Å². The van der Waals surface area contributed by atoms with Gasteiger partial charge in [0.2, 0.25) is 0 Å². The number of aryl methyl sites for hydroxylation is 1. The molecule has 0 aliphatic heterocycles. The zero-order valence-corrected chi connectivity index (χ0v) is 11.9. The number of benzene rings is 1. The molecule has 5 heteroatoms. The van der Waals surface area contributed by atoms with Crippen LogP contribution in [-0.4, -0.2) is 4.98 Å². The van der Waals surface area contributed by atoms with Crippen LogP contribution in [0.15, 0.2) is 35.1 Å². The lowest BCUT2D eigenvalue weighted by Gasteiger charge is -2.17. The Labute approximate surface area is 118 Å². The third kappa shape index (κ3) is 2.67. The minimum absolute atomic E-state index is 0.129. The molecule has 0 amide bonds. The van der Waals surface area contributed by atoms with Gasteiger partial charge in [-0.25, -0.2) is 8.78 Å². The topological polar surface area (TPSA) is 38.9 Å². The quantitative estimate of drug-likeness (QED) is 0.873. The Hall–Kier alpha value is -1.33. The van der Waals surface area contributed by atoms with Crippen LogP contribution < -0.4 is 5.73 Å². The number of pyridine rings is 1. The third-order valence-electron chi connectivity index (χ3n) is 3.05. The van der Waals surface area contributed by atoms with E-state index in [0.717, 1.165) is 5.56 Å². The van der Waals surface area contributed by atoms with Gasteiger partial charge in [-0.2, -0.15) is 0 Å². The molecular weight excluding hydrogens is 314 g/mol. The van der Waals surface area contributed by atoms with Crippen LogP contribution >= 0.6 is 15.9 Å². The van der Waals surface area contributed by atoms with E-state index in [2.05, 4.69) is 20.9 Å². The number of nitrogens with zero attached hydrogens (tertiary/aromatic N) is 1. The molecule has 1 heterocycles. The lowest BCUT2D eigenvalue weighted by Crippen LogP contribution is -2.17. The second-order valence-electron chi connectivity index (χ2n) is 4.16. The standard InChI is InChI=1S/C14H13BrF2N2/c1-2-8-7-19-6-5-9(8)14(18)12-11(16)4-3-10(15)13(12)17/h3-7,14H,2,18H2,1H3. The molecule has 2 rings (SSSR count). The molecule has 19 heavy (non-hydrogen) atoms. The van der Waals surface area contributed by atoms with Crippen LogP contribution in [0.2, 0.25) is 0 Å². The number of halogens is 3. The zero-order chi connectivity index (χ0) is 14.0. The van der Waals surface area contributed by atoms with Crippen LogP contribution in [-0.2, 0) is 6.42 Å².